The molecule has 0 aromatic carbocycles. The van der Waals surface area contributed by atoms with Crippen LogP contribution in [0.25, 0.3) is 0 Å². The zero-order chi connectivity index (χ0) is 14.8. The van der Waals surface area contributed by atoms with Gasteiger partial charge in [-0.15, -0.1) is 11.3 Å². The van der Waals surface area contributed by atoms with Crippen LogP contribution in [0, 0.1) is 0 Å². The maximum absolute atomic E-state index is 12.3. The van der Waals surface area contributed by atoms with Crippen molar-refractivity contribution in [2.24, 2.45) is 0 Å². The molecule has 0 spiro atoms. The Morgan fingerprint density at radius 2 is 2.00 bits per heavy atom. The van der Waals surface area contributed by atoms with Crippen molar-refractivity contribution < 1.29 is 13.2 Å². The molecule has 8 heteroatoms. The number of rotatable bonds is 5. The summed E-state index contributed by atoms with van der Waals surface area (Å²) in [6.07, 6.45) is 0. The van der Waals surface area contributed by atoms with Gasteiger partial charge in [-0.1, -0.05) is 0 Å². The van der Waals surface area contributed by atoms with Crippen LogP contribution in [0.1, 0.15) is 10.4 Å². The fraction of sp³-hybridized carbons (Fsp3) is 0.583. The lowest BCUT2D eigenvalue weighted by Gasteiger charge is -2.31. The Morgan fingerprint density at radius 1 is 1.35 bits per heavy atom. The molecule has 0 unspecified atom stereocenters. The van der Waals surface area contributed by atoms with Gasteiger partial charge >= 0.3 is 0 Å². The number of nitrogens with zero attached hydrogens (tertiary/aromatic N) is 2. The molecule has 1 aromatic rings. The largest absolute Gasteiger partial charge is 0.304 e. The van der Waals surface area contributed by atoms with Gasteiger partial charge in [-0.3, -0.25) is 9.69 Å². The smallest absolute Gasteiger partial charge is 0.250 e. The first-order chi connectivity index (χ1) is 9.44. The minimum absolute atomic E-state index is 0.110. The van der Waals surface area contributed by atoms with E-state index in [2.05, 4.69) is 21.6 Å². The van der Waals surface area contributed by atoms with Crippen LogP contribution in [0.3, 0.4) is 0 Å². The quantitative estimate of drug-likeness (QED) is 0.779. The minimum atomic E-state index is -3.56. The summed E-state index contributed by atoms with van der Waals surface area (Å²) in [5, 5.41) is 1.64. The molecule has 1 aliphatic rings. The summed E-state index contributed by atoms with van der Waals surface area (Å²) in [5.74, 6) is -0.135. The molecular weight excluding hydrogens is 298 g/mol. The fourth-order valence-corrected chi connectivity index (χ4v) is 4.31. The summed E-state index contributed by atoms with van der Waals surface area (Å²) in [6.45, 7) is 3.80. The second-order valence-corrected chi connectivity index (χ2v) is 7.83. The lowest BCUT2D eigenvalue weighted by Crippen LogP contribution is -2.46. The van der Waals surface area contributed by atoms with Crippen molar-refractivity contribution >= 4 is 27.1 Å². The van der Waals surface area contributed by atoms with E-state index < -0.39 is 10.0 Å². The molecule has 0 amide bonds. The molecule has 0 atom stereocenters. The standard InChI is InChI=1S/C12H19N3O3S2/c1-13-20(17,18)12-10(3-8-19-12)11(16)9-15-6-4-14(2)5-7-15/h3,8,13H,4-7,9H2,1-2H3. The van der Waals surface area contributed by atoms with Crippen molar-refractivity contribution in [1.82, 2.24) is 14.5 Å². The number of sulfonamides is 1. The van der Waals surface area contributed by atoms with Crippen molar-refractivity contribution in [3.05, 3.63) is 17.0 Å². The SMILES string of the molecule is CNS(=O)(=O)c1sccc1C(=O)CN1CCN(C)CC1. The predicted octanol–water partition coefficient (Wildman–Crippen LogP) is 0.0863. The van der Waals surface area contributed by atoms with E-state index in [0.717, 1.165) is 37.5 Å². The maximum Gasteiger partial charge on any atom is 0.250 e. The number of thiophene rings is 1. The topological polar surface area (TPSA) is 69.7 Å². The lowest BCUT2D eigenvalue weighted by atomic mass is 10.2. The molecular formula is C12H19N3O3S2. The van der Waals surface area contributed by atoms with E-state index in [4.69, 9.17) is 0 Å². The Hall–Kier alpha value is -0.800. The molecule has 1 N–H and O–H groups in total. The van der Waals surface area contributed by atoms with Gasteiger partial charge in [0.15, 0.2) is 5.78 Å². The first-order valence-electron chi connectivity index (χ1n) is 6.39. The number of Topliss-reactive ketones (excluding diaryl/α,β-unsaturated/α-hetero) is 1. The lowest BCUT2D eigenvalue weighted by molar-refractivity contribution is 0.0874. The Morgan fingerprint density at radius 3 is 2.60 bits per heavy atom. The maximum atomic E-state index is 12.3. The molecule has 2 rings (SSSR count). The Balaban J connectivity index is 2.09. The number of hydrogen-bond donors (Lipinski definition) is 1. The second-order valence-electron chi connectivity index (χ2n) is 4.83. The molecule has 6 nitrogen and oxygen atoms in total. The highest BCUT2D eigenvalue weighted by molar-refractivity contribution is 7.91. The van der Waals surface area contributed by atoms with Crippen LogP contribution in [0.5, 0.6) is 0 Å². The number of piperazine rings is 1. The summed E-state index contributed by atoms with van der Waals surface area (Å²) in [7, 11) is -0.157. The van der Waals surface area contributed by atoms with Crippen LogP contribution >= 0.6 is 11.3 Å². The van der Waals surface area contributed by atoms with Gasteiger partial charge in [0.25, 0.3) is 10.0 Å². The summed E-state index contributed by atoms with van der Waals surface area (Å²) in [5.41, 5.74) is 0.295. The van der Waals surface area contributed by atoms with Crippen LogP contribution in [-0.2, 0) is 10.0 Å². The molecule has 2 heterocycles. The van der Waals surface area contributed by atoms with Crippen LogP contribution in [-0.4, -0.2) is 70.8 Å². The number of hydrogen-bond acceptors (Lipinski definition) is 6. The second kappa shape index (κ2) is 6.31. The van der Waals surface area contributed by atoms with Gasteiger partial charge in [0.1, 0.15) is 4.21 Å². The van der Waals surface area contributed by atoms with E-state index in [9.17, 15) is 13.2 Å². The van der Waals surface area contributed by atoms with Crippen molar-refractivity contribution in [3.8, 4) is 0 Å². The Labute approximate surface area is 123 Å². The highest BCUT2D eigenvalue weighted by atomic mass is 32.2. The zero-order valence-corrected chi connectivity index (χ0v) is 13.3. The van der Waals surface area contributed by atoms with Gasteiger partial charge in [0, 0.05) is 31.7 Å². The average molecular weight is 317 g/mol. The van der Waals surface area contributed by atoms with E-state index in [1.165, 1.54) is 7.05 Å². The van der Waals surface area contributed by atoms with Crippen LogP contribution in [0.2, 0.25) is 0 Å². The normalized spacial score (nSPS) is 18.3. The first kappa shape index (κ1) is 15.6. The first-order valence-corrected chi connectivity index (χ1v) is 8.75. The van der Waals surface area contributed by atoms with Gasteiger partial charge in [-0.2, -0.15) is 0 Å². The van der Waals surface area contributed by atoms with Gasteiger partial charge < -0.3 is 4.90 Å². The highest BCUT2D eigenvalue weighted by Gasteiger charge is 2.25. The molecule has 0 saturated carbocycles. The van der Waals surface area contributed by atoms with Crippen LogP contribution in [0.15, 0.2) is 15.7 Å². The number of carbonyl (C=O) groups is 1. The summed E-state index contributed by atoms with van der Waals surface area (Å²) in [6, 6.07) is 1.59. The van der Waals surface area contributed by atoms with Crippen molar-refractivity contribution in [2.45, 2.75) is 4.21 Å². The van der Waals surface area contributed by atoms with E-state index in [-0.39, 0.29) is 16.5 Å². The van der Waals surface area contributed by atoms with E-state index in [0.29, 0.717) is 5.56 Å². The predicted molar refractivity (Wildman–Crippen MR) is 78.8 cm³/mol. The third-order valence-corrected chi connectivity index (χ3v) is 6.30. The summed E-state index contributed by atoms with van der Waals surface area (Å²) < 4.78 is 26.1. The monoisotopic (exact) mass is 317 g/mol. The molecule has 1 fully saturated rings. The average Bonchev–Trinajstić information content (AvgIpc) is 2.91. The number of ketones is 1. The van der Waals surface area contributed by atoms with Gasteiger partial charge in [-0.05, 0) is 25.5 Å². The van der Waals surface area contributed by atoms with Gasteiger partial charge in [0.05, 0.1) is 6.54 Å². The molecule has 1 aliphatic heterocycles. The molecule has 20 heavy (non-hydrogen) atoms. The molecule has 1 saturated heterocycles. The number of likely N-dealkylation sites (N-methyl/N-ethyl adjacent to an activating group) is 1. The van der Waals surface area contributed by atoms with E-state index in [1.807, 2.05) is 0 Å². The third-order valence-electron chi connectivity index (χ3n) is 3.41. The van der Waals surface area contributed by atoms with Crippen LogP contribution < -0.4 is 4.72 Å². The zero-order valence-electron chi connectivity index (χ0n) is 11.6. The molecule has 0 radical (unpaired) electrons. The van der Waals surface area contributed by atoms with Crippen LogP contribution in [0.4, 0.5) is 0 Å². The molecule has 0 aliphatic carbocycles. The Kier molecular flexibility index (Phi) is 4.92. The molecule has 1 aromatic heterocycles. The molecule has 0 bridgehead atoms. The summed E-state index contributed by atoms with van der Waals surface area (Å²) in [4.78, 5) is 16.6. The van der Waals surface area contributed by atoms with E-state index in [1.54, 1.807) is 11.4 Å². The van der Waals surface area contributed by atoms with Crippen molar-refractivity contribution in [3.63, 3.8) is 0 Å². The van der Waals surface area contributed by atoms with Crippen molar-refractivity contribution in [2.75, 3.05) is 46.8 Å². The van der Waals surface area contributed by atoms with E-state index >= 15 is 0 Å². The Bertz CT molecular complexity index is 575. The van der Waals surface area contributed by atoms with Gasteiger partial charge in [0.2, 0.25) is 0 Å². The highest BCUT2D eigenvalue weighted by Crippen LogP contribution is 2.23. The minimum Gasteiger partial charge on any atom is -0.304 e. The van der Waals surface area contributed by atoms with Gasteiger partial charge in [-0.25, -0.2) is 13.1 Å². The fourth-order valence-electron chi connectivity index (χ4n) is 2.10. The third kappa shape index (κ3) is 3.44. The number of carbonyl (C=O) groups excluding carboxylic acids is 1. The summed E-state index contributed by atoms with van der Waals surface area (Å²) >= 11 is 1.07. The molecule has 112 valence electrons. The number of nitrogens with one attached hydrogen (secondary N) is 1. The van der Waals surface area contributed by atoms with Crippen molar-refractivity contribution in [1.29, 1.82) is 0 Å².